The number of carbonyl (C=O) groups is 4. The van der Waals surface area contributed by atoms with E-state index in [1.807, 2.05) is 74.5 Å². The van der Waals surface area contributed by atoms with Crippen LogP contribution in [0.25, 0.3) is 10.8 Å². The van der Waals surface area contributed by atoms with Crippen LogP contribution in [0.2, 0.25) is 0 Å². The molecule has 0 saturated carbocycles. The van der Waals surface area contributed by atoms with E-state index in [2.05, 4.69) is 29.8 Å². The lowest BCUT2D eigenvalue weighted by Gasteiger charge is -2.26. The number of unbranched alkanes of at least 4 members (excludes halogenated alkanes) is 4. The average Bonchev–Trinajstić information content (AvgIpc) is 3.52. The van der Waals surface area contributed by atoms with Crippen molar-refractivity contribution in [3.05, 3.63) is 95.3 Å². The van der Waals surface area contributed by atoms with Gasteiger partial charge in [-0.15, -0.1) is 0 Å². The number of nitrogens with two attached hydrogens (primary N) is 2. The van der Waals surface area contributed by atoms with Gasteiger partial charge >= 0.3 is 0 Å². The molecule has 1 aliphatic rings. The van der Waals surface area contributed by atoms with Gasteiger partial charge in [-0.3, -0.25) is 19.2 Å². The Morgan fingerprint density at radius 3 is 2.17 bits per heavy atom. The second-order valence-electron chi connectivity index (χ2n) is 14.3. The van der Waals surface area contributed by atoms with Crippen molar-refractivity contribution in [2.24, 2.45) is 11.5 Å². The molecule has 296 valence electrons. The van der Waals surface area contributed by atoms with Crippen molar-refractivity contribution < 1.29 is 29.4 Å². The fourth-order valence-corrected chi connectivity index (χ4v) is 6.02. The quantitative estimate of drug-likeness (QED) is 0.0836. The second-order valence-corrected chi connectivity index (χ2v) is 14.3. The van der Waals surface area contributed by atoms with E-state index >= 15 is 0 Å². The van der Waals surface area contributed by atoms with E-state index in [0.717, 1.165) is 28.3 Å². The zero-order valence-electron chi connectivity index (χ0n) is 32.8. The summed E-state index contributed by atoms with van der Waals surface area (Å²) in [5.74, 6) is -1.26. The molecule has 12 heteroatoms. The van der Waals surface area contributed by atoms with E-state index in [0.29, 0.717) is 30.6 Å². The van der Waals surface area contributed by atoms with Gasteiger partial charge in [-0.1, -0.05) is 106 Å². The standard InChI is InChI=1S/C23H30N4O3.C12H16N2O3.C7H16/c1-15-10-19(26-20(12-24)23(2,3)30)14-27(15)21(28)13-25-22(29)18-9-8-16-6-4-5-7-17(16)11-18;1-8-2-4-9(5-3-8)6-10(14-7-15)11(16)12(13)17;1-3-5-7-6-4-2/h4-9,11-12,15,19,26,30H,10,13-14,24H2,1-3H3,(H,25,29);2-5,7,10-11,16H,6H2,1H3,(H2,13,17)(H,14,15);3-7H2,1-2H3/b20-12-;;. The fourth-order valence-electron chi connectivity index (χ4n) is 6.02. The number of aryl methyl sites for hydroxylation is 1. The Balaban J connectivity index is 0.000000352. The highest BCUT2D eigenvalue weighted by Crippen LogP contribution is 2.21. The highest BCUT2D eigenvalue weighted by molar-refractivity contribution is 6.00. The molecule has 4 atom stereocenters. The summed E-state index contributed by atoms with van der Waals surface area (Å²) in [6.07, 6.45) is 8.51. The van der Waals surface area contributed by atoms with E-state index in [1.54, 1.807) is 24.8 Å². The van der Waals surface area contributed by atoms with Crippen LogP contribution in [0.3, 0.4) is 0 Å². The number of aliphatic hydroxyl groups excluding tert-OH is 1. The first kappa shape index (κ1) is 45.2. The van der Waals surface area contributed by atoms with E-state index in [1.165, 1.54) is 38.3 Å². The van der Waals surface area contributed by atoms with Gasteiger partial charge in [-0.2, -0.15) is 0 Å². The Bertz CT molecular complexity index is 1650. The summed E-state index contributed by atoms with van der Waals surface area (Å²) in [4.78, 5) is 48.2. The van der Waals surface area contributed by atoms with Gasteiger partial charge in [0.15, 0.2) is 6.10 Å². The fraction of sp³-hybridized carbons (Fsp3) is 0.476. The average molecular weight is 747 g/mol. The minimum Gasteiger partial charge on any atom is -0.403 e. The van der Waals surface area contributed by atoms with Crippen LogP contribution in [0.5, 0.6) is 0 Å². The smallest absolute Gasteiger partial charge is 0.251 e. The van der Waals surface area contributed by atoms with Gasteiger partial charge in [0.05, 0.1) is 23.9 Å². The number of carbonyl (C=O) groups excluding carboxylic acids is 4. The minimum atomic E-state index is -1.39. The van der Waals surface area contributed by atoms with Crippen LogP contribution in [0.15, 0.2) is 78.6 Å². The van der Waals surface area contributed by atoms with Gasteiger partial charge in [-0.25, -0.2) is 0 Å². The lowest BCUT2D eigenvalue weighted by Crippen LogP contribution is -2.47. The first-order valence-corrected chi connectivity index (χ1v) is 18.8. The van der Waals surface area contributed by atoms with Crippen molar-refractivity contribution in [2.75, 3.05) is 13.1 Å². The molecule has 54 heavy (non-hydrogen) atoms. The van der Waals surface area contributed by atoms with E-state index in [4.69, 9.17) is 11.5 Å². The largest absolute Gasteiger partial charge is 0.403 e. The van der Waals surface area contributed by atoms with Crippen LogP contribution in [0.1, 0.15) is 94.6 Å². The molecule has 4 amide bonds. The molecule has 0 bridgehead atoms. The minimum absolute atomic E-state index is 0.0126. The van der Waals surface area contributed by atoms with Crippen molar-refractivity contribution in [2.45, 2.75) is 116 Å². The number of nitrogens with one attached hydrogen (secondary N) is 3. The Morgan fingerprint density at radius 1 is 0.981 bits per heavy atom. The van der Waals surface area contributed by atoms with Gasteiger partial charge in [0.2, 0.25) is 18.2 Å². The third-order valence-corrected chi connectivity index (χ3v) is 9.23. The normalized spacial score (nSPS) is 16.5. The van der Waals surface area contributed by atoms with Crippen LogP contribution in [-0.2, 0) is 20.8 Å². The number of likely N-dealkylation sites (tertiary alicyclic amines) is 1. The summed E-state index contributed by atoms with van der Waals surface area (Å²) >= 11 is 0. The number of primary amides is 1. The number of hydrogen-bond donors (Lipinski definition) is 7. The number of fused-ring (bicyclic) bond motifs is 1. The maximum absolute atomic E-state index is 12.7. The summed E-state index contributed by atoms with van der Waals surface area (Å²) in [7, 11) is 0. The van der Waals surface area contributed by atoms with Crippen molar-refractivity contribution in [3.63, 3.8) is 0 Å². The summed E-state index contributed by atoms with van der Waals surface area (Å²) in [6.45, 7) is 12.2. The molecule has 1 fully saturated rings. The summed E-state index contributed by atoms with van der Waals surface area (Å²) in [5, 5.41) is 30.1. The van der Waals surface area contributed by atoms with Crippen LogP contribution in [0.4, 0.5) is 0 Å². The number of rotatable bonds is 16. The predicted octanol–water partition coefficient (Wildman–Crippen LogP) is 4.19. The summed E-state index contributed by atoms with van der Waals surface area (Å²) in [6, 6.07) is 20.2. The summed E-state index contributed by atoms with van der Waals surface area (Å²) in [5.41, 5.74) is 12.6. The molecule has 0 radical (unpaired) electrons. The van der Waals surface area contributed by atoms with Crippen LogP contribution < -0.4 is 27.4 Å². The molecule has 1 aliphatic heterocycles. The topological polar surface area (TPSA) is 200 Å². The van der Waals surface area contributed by atoms with Crippen molar-refractivity contribution >= 4 is 34.9 Å². The Morgan fingerprint density at radius 2 is 1.61 bits per heavy atom. The molecule has 12 nitrogen and oxygen atoms in total. The first-order chi connectivity index (χ1) is 25.6. The lowest BCUT2D eigenvalue weighted by atomic mass is 10.0. The molecule has 0 aromatic heterocycles. The molecular formula is C42H62N6O6. The van der Waals surface area contributed by atoms with Gasteiger partial charge < -0.3 is 42.5 Å². The maximum atomic E-state index is 12.7. The third kappa shape index (κ3) is 15.2. The number of nitrogens with zero attached hydrogens (tertiary/aromatic N) is 1. The van der Waals surface area contributed by atoms with E-state index in [-0.39, 0.29) is 30.4 Å². The maximum Gasteiger partial charge on any atom is 0.251 e. The highest BCUT2D eigenvalue weighted by Gasteiger charge is 2.34. The van der Waals surface area contributed by atoms with Gasteiger partial charge in [0.25, 0.3) is 5.91 Å². The molecule has 4 unspecified atom stereocenters. The molecule has 1 heterocycles. The monoisotopic (exact) mass is 746 g/mol. The van der Waals surface area contributed by atoms with Crippen LogP contribution in [0, 0.1) is 6.92 Å². The second kappa shape index (κ2) is 23.0. The van der Waals surface area contributed by atoms with Crippen molar-refractivity contribution in [1.82, 2.24) is 20.9 Å². The molecule has 3 aromatic rings. The zero-order chi connectivity index (χ0) is 40.3. The van der Waals surface area contributed by atoms with Crippen molar-refractivity contribution in [3.8, 4) is 0 Å². The summed E-state index contributed by atoms with van der Waals surface area (Å²) < 4.78 is 0. The molecular weight excluding hydrogens is 684 g/mol. The number of benzene rings is 3. The zero-order valence-corrected chi connectivity index (χ0v) is 32.8. The first-order valence-electron chi connectivity index (χ1n) is 18.8. The number of amides is 4. The van der Waals surface area contributed by atoms with Crippen LogP contribution in [-0.4, -0.2) is 82.2 Å². The van der Waals surface area contributed by atoms with Gasteiger partial charge in [-0.05, 0) is 69.0 Å². The Hall–Kier alpha value is -4.94. The molecule has 3 aromatic carbocycles. The number of aliphatic hydroxyl groups is 2. The highest BCUT2D eigenvalue weighted by atomic mass is 16.3. The van der Waals surface area contributed by atoms with Crippen molar-refractivity contribution in [1.29, 1.82) is 0 Å². The predicted molar refractivity (Wildman–Crippen MR) is 215 cm³/mol. The van der Waals surface area contributed by atoms with Gasteiger partial charge in [0.1, 0.15) is 0 Å². The van der Waals surface area contributed by atoms with Crippen LogP contribution >= 0.6 is 0 Å². The molecule has 0 spiro atoms. The Labute approximate surface area is 320 Å². The molecule has 9 N–H and O–H groups in total. The van der Waals surface area contributed by atoms with Gasteiger partial charge in [0, 0.05) is 30.4 Å². The Kier molecular flexibility index (Phi) is 19.2. The molecule has 4 rings (SSSR count). The van der Waals surface area contributed by atoms with E-state index in [9.17, 15) is 29.4 Å². The number of hydrogen-bond acceptors (Lipinski definition) is 8. The molecule has 1 saturated heterocycles. The molecule has 0 aliphatic carbocycles. The van der Waals surface area contributed by atoms with E-state index < -0.39 is 23.7 Å². The SMILES string of the molecule is CC1CC(N/C(=C\N)C(C)(C)O)CN1C(=O)CNC(=O)c1ccc2ccccc2c1.CCCCCCC.Cc1ccc(CC(NC=O)C(O)C(N)=O)cc1. The lowest BCUT2D eigenvalue weighted by molar-refractivity contribution is -0.130. The third-order valence-electron chi connectivity index (χ3n) is 9.23.